The molecule has 2 unspecified atom stereocenters. The van der Waals surface area contributed by atoms with Crippen molar-refractivity contribution in [1.29, 1.82) is 0 Å². The first kappa shape index (κ1) is 31.3. The Hall–Kier alpha value is -2.59. The topological polar surface area (TPSA) is 178 Å². The SMILES string of the molecule is CC(C)OC(=O)[C@@H](C)NP(=O)(OC[C@H]1OC(n2cc(I)c(=O)[nH]c2=O)[C@](C)(O)[C@@H]1O)Oc1cccc2ccccc12. The molecule has 0 saturated carbocycles. The van der Waals surface area contributed by atoms with E-state index in [1.165, 1.54) is 20.0 Å². The Labute approximate surface area is 248 Å². The zero-order valence-corrected chi connectivity index (χ0v) is 25.7. The van der Waals surface area contributed by atoms with Crippen LogP contribution in [-0.4, -0.2) is 62.3 Å². The highest BCUT2D eigenvalue weighted by molar-refractivity contribution is 14.1. The number of nitrogens with zero attached hydrogens (tertiary/aromatic N) is 1. The smallest absolute Gasteiger partial charge is 0.459 e. The van der Waals surface area contributed by atoms with Gasteiger partial charge in [-0.1, -0.05) is 36.4 Å². The third-order valence-electron chi connectivity index (χ3n) is 6.37. The van der Waals surface area contributed by atoms with Crippen molar-refractivity contribution in [3.63, 3.8) is 0 Å². The van der Waals surface area contributed by atoms with E-state index < -0.39 is 67.8 Å². The van der Waals surface area contributed by atoms with Gasteiger partial charge in [0.15, 0.2) is 6.23 Å². The number of H-pyrrole nitrogens is 1. The molecule has 2 heterocycles. The Morgan fingerprint density at radius 3 is 2.61 bits per heavy atom. The number of nitrogens with one attached hydrogen (secondary N) is 2. The number of rotatable bonds is 10. The first-order valence-electron chi connectivity index (χ1n) is 12.7. The van der Waals surface area contributed by atoms with Crippen LogP contribution in [0.2, 0.25) is 0 Å². The lowest BCUT2D eigenvalue weighted by atomic mass is 9.96. The monoisotopic (exact) mass is 703 g/mol. The maximum atomic E-state index is 14.1. The van der Waals surface area contributed by atoms with E-state index in [9.17, 15) is 29.2 Å². The predicted molar refractivity (Wildman–Crippen MR) is 157 cm³/mol. The second-order valence-corrected chi connectivity index (χ2v) is 12.9. The van der Waals surface area contributed by atoms with Gasteiger partial charge in [0.2, 0.25) is 0 Å². The van der Waals surface area contributed by atoms with Gasteiger partial charge in [0, 0.05) is 11.6 Å². The van der Waals surface area contributed by atoms with Gasteiger partial charge in [0.25, 0.3) is 5.56 Å². The summed E-state index contributed by atoms with van der Waals surface area (Å²) in [5.41, 5.74) is -3.49. The molecular weight excluding hydrogens is 672 g/mol. The summed E-state index contributed by atoms with van der Waals surface area (Å²) >= 11 is 1.71. The highest BCUT2D eigenvalue weighted by Gasteiger charge is 2.54. The first-order valence-corrected chi connectivity index (χ1v) is 15.3. The van der Waals surface area contributed by atoms with Crippen LogP contribution in [0.15, 0.2) is 58.3 Å². The molecule has 3 aromatic rings. The van der Waals surface area contributed by atoms with Crippen LogP contribution in [0.4, 0.5) is 0 Å². The molecular formula is C26H31IN3O10P. The number of carbonyl (C=O) groups excluding carboxylic acids is 1. The van der Waals surface area contributed by atoms with Crippen molar-refractivity contribution >= 4 is 47.1 Å². The molecule has 1 aliphatic heterocycles. The summed E-state index contributed by atoms with van der Waals surface area (Å²) in [5.74, 6) is -0.493. The van der Waals surface area contributed by atoms with Crippen LogP contribution in [0.1, 0.15) is 33.9 Å². The Balaban J connectivity index is 1.61. The number of fused-ring (bicyclic) bond motifs is 1. The molecule has 6 atom stereocenters. The highest BCUT2D eigenvalue weighted by atomic mass is 127. The molecule has 0 radical (unpaired) electrons. The molecule has 4 rings (SSSR count). The predicted octanol–water partition coefficient (Wildman–Crippen LogP) is 2.44. The number of aliphatic hydroxyl groups is 2. The van der Waals surface area contributed by atoms with E-state index in [4.69, 9.17) is 18.5 Å². The number of halogens is 1. The summed E-state index contributed by atoms with van der Waals surface area (Å²) in [4.78, 5) is 38.9. The fourth-order valence-corrected chi connectivity index (χ4v) is 6.26. The number of aliphatic hydroxyl groups excluding tert-OH is 1. The molecule has 1 aromatic heterocycles. The Morgan fingerprint density at radius 2 is 1.90 bits per heavy atom. The summed E-state index contributed by atoms with van der Waals surface area (Å²) < 4.78 is 37.7. The van der Waals surface area contributed by atoms with E-state index in [0.717, 1.165) is 9.95 Å². The third kappa shape index (κ3) is 6.91. The Kier molecular flexibility index (Phi) is 9.43. The van der Waals surface area contributed by atoms with Crippen molar-refractivity contribution in [2.75, 3.05) is 6.61 Å². The minimum atomic E-state index is -4.38. The lowest BCUT2D eigenvalue weighted by Gasteiger charge is -2.27. The molecule has 0 spiro atoms. The van der Waals surface area contributed by atoms with Crippen molar-refractivity contribution in [3.05, 3.63) is 73.1 Å². The van der Waals surface area contributed by atoms with E-state index in [1.54, 1.807) is 60.7 Å². The lowest BCUT2D eigenvalue weighted by Crippen LogP contribution is -2.47. The second-order valence-electron chi connectivity index (χ2n) is 10.0. The van der Waals surface area contributed by atoms with Crippen LogP contribution in [0.3, 0.4) is 0 Å². The first-order chi connectivity index (χ1) is 19.2. The summed E-state index contributed by atoms with van der Waals surface area (Å²) in [6.07, 6.45) is -3.56. The zero-order valence-electron chi connectivity index (χ0n) is 22.6. The number of carbonyl (C=O) groups is 1. The summed E-state index contributed by atoms with van der Waals surface area (Å²) in [6.45, 7) is 5.44. The molecule has 1 fully saturated rings. The molecule has 2 aromatic carbocycles. The molecule has 15 heteroatoms. The number of ether oxygens (including phenoxy) is 2. The summed E-state index contributed by atoms with van der Waals surface area (Å²) in [6, 6.07) is 11.2. The van der Waals surface area contributed by atoms with Gasteiger partial charge in [-0.25, -0.2) is 9.36 Å². The van der Waals surface area contributed by atoms with Crippen molar-refractivity contribution in [2.24, 2.45) is 0 Å². The molecule has 222 valence electrons. The van der Waals surface area contributed by atoms with Gasteiger partial charge in [0.05, 0.1) is 16.3 Å². The summed E-state index contributed by atoms with van der Waals surface area (Å²) in [7, 11) is -4.38. The quantitative estimate of drug-likeness (QED) is 0.139. The van der Waals surface area contributed by atoms with E-state index in [0.29, 0.717) is 5.39 Å². The van der Waals surface area contributed by atoms with Gasteiger partial charge in [-0.15, -0.1) is 0 Å². The van der Waals surface area contributed by atoms with Crippen molar-refractivity contribution in [1.82, 2.24) is 14.6 Å². The molecule has 1 aliphatic rings. The van der Waals surface area contributed by atoms with Gasteiger partial charge in [-0.05, 0) is 61.7 Å². The minimum Gasteiger partial charge on any atom is -0.462 e. The average molecular weight is 703 g/mol. The number of hydrogen-bond donors (Lipinski definition) is 4. The maximum absolute atomic E-state index is 14.1. The fraction of sp³-hybridized carbons (Fsp3) is 0.423. The van der Waals surface area contributed by atoms with E-state index in [-0.39, 0.29) is 9.32 Å². The molecule has 4 N–H and O–H groups in total. The van der Waals surface area contributed by atoms with E-state index >= 15 is 0 Å². The van der Waals surface area contributed by atoms with Crippen LogP contribution >= 0.6 is 30.3 Å². The third-order valence-corrected chi connectivity index (χ3v) is 8.76. The van der Waals surface area contributed by atoms with Crippen molar-refractivity contribution in [3.8, 4) is 5.75 Å². The number of benzene rings is 2. The molecule has 0 bridgehead atoms. The van der Waals surface area contributed by atoms with Crippen molar-refractivity contribution < 1.29 is 38.1 Å². The number of aromatic nitrogens is 2. The average Bonchev–Trinajstić information content (AvgIpc) is 3.13. The Bertz CT molecular complexity index is 1580. The van der Waals surface area contributed by atoms with Gasteiger partial charge >= 0.3 is 19.4 Å². The van der Waals surface area contributed by atoms with Crippen LogP contribution in [0.5, 0.6) is 5.75 Å². The highest BCUT2D eigenvalue weighted by Crippen LogP contribution is 2.48. The van der Waals surface area contributed by atoms with Crippen LogP contribution in [0, 0.1) is 3.57 Å². The van der Waals surface area contributed by atoms with Crippen LogP contribution in [-0.2, 0) is 23.4 Å². The standard InChI is InChI=1S/C26H31IN3O10P/c1-14(2)38-23(33)15(3)29-41(36,40-19-11-7-9-16-8-5-6-10-17(16)19)37-13-20-21(31)26(4,35)24(39-20)30-12-18(27)22(32)28-25(30)34/h5-12,14-15,20-21,24,31,35H,13H2,1-4H3,(H,29,36)(H,28,32,34)/t15-,20-,21-,24?,26-,41?/m1/s1. The zero-order chi connectivity index (χ0) is 30.1. The van der Waals surface area contributed by atoms with Gasteiger partial charge in [-0.3, -0.25) is 23.7 Å². The number of esters is 1. The van der Waals surface area contributed by atoms with Crippen molar-refractivity contribution in [2.45, 2.75) is 63.9 Å². The molecule has 1 saturated heterocycles. The van der Waals surface area contributed by atoms with E-state index in [2.05, 4.69) is 10.1 Å². The minimum absolute atomic E-state index is 0.148. The number of aromatic amines is 1. The van der Waals surface area contributed by atoms with Gasteiger partial charge in [0.1, 0.15) is 29.6 Å². The lowest BCUT2D eigenvalue weighted by molar-refractivity contribution is -0.149. The van der Waals surface area contributed by atoms with E-state index in [1.807, 2.05) is 18.2 Å². The van der Waals surface area contributed by atoms with Gasteiger partial charge < -0.3 is 24.2 Å². The number of hydrogen-bond acceptors (Lipinski definition) is 10. The maximum Gasteiger partial charge on any atom is 0.459 e. The molecule has 0 amide bonds. The summed E-state index contributed by atoms with van der Waals surface area (Å²) in [5, 5.41) is 26.0. The fourth-order valence-electron chi connectivity index (χ4n) is 4.30. The molecule has 0 aliphatic carbocycles. The van der Waals surface area contributed by atoms with Crippen LogP contribution in [0.25, 0.3) is 10.8 Å². The largest absolute Gasteiger partial charge is 0.462 e. The normalized spacial score (nSPS) is 24.7. The van der Waals surface area contributed by atoms with Gasteiger partial charge in [-0.2, -0.15) is 5.09 Å². The molecule has 13 nitrogen and oxygen atoms in total. The van der Waals surface area contributed by atoms with Crippen LogP contribution < -0.4 is 20.9 Å². The second kappa shape index (κ2) is 12.3. The molecule has 41 heavy (non-hydrogen) atoms. The Morgan fingerprint density at radius 1 is 1.22 bits per heavy atom.